The Morgan fingerprint density at radius 3 is 2.76 bits per heavy atom. The molecule has 29 heavy (non-hydrogen) atoms. The molecular weight excluding hydrogens is 365 g/mol. The van der Waals surface area contributed by atoms with Gasteiger partial charge < -0.3 is 15.5 Å². The van der Waals surface area contributed by atoms with Crippen LogP contribution >= 0.6 is 0 Å². The van der Waals surface area contributed by atoms with E-state index < -0.39 is 0 Å². The van der Waals surface area contributed by atoms with E-state index in [1.807, 2.05) is 18.2 Å². The molecule has 1 aromatic heterocycles. The van der Waals surface area contributed by atoms with E-state index in [1.165, 1.54) is 32.4 Å². The molecule has 1 unspecified atom stereocenters. The summed E-state index contributed by atoms with van der Waals surface area (Å²) in [6, 6.07) is 5.92. The number of dihydropyridines is 1. The molecule has 0 amide bonds. The van der Waals surface area contributed by atoms with E-state index in [1.54, 1.807) is 25.5 Å². The average molecular weight is 398 g/mol. The van der Waals surface area contributed by atoms with Crippen LogP contribution in [0.25, 0.3) is 11.0 Å². The first-order valence-corrected chi connectivity index (χ1v) is 10.5. The number of rotatable bonds is 5. The van der Waals surface area contributed by atoms with Crippen molar-refractivity contribution >= 4 is 11.0 Å². The standard InChI is InChI=1S/C15H15FN4.C8H17N/c1-10-12(16)8-17-9-15(10)20-7-11-2-3-13-14(6-11)19-5-4-18-13;1-3-4-8-5-6-9(2)7-8/h2-6,9,17,20H,7-8H2,1H3;8H,3-7H2,1-2H3. The normalized spacial score (nSPS) is 19.4. The highest BCUT2D eigenvalue weighted by molar-refractivity contribution is 5.74. The van der Waals surface area contributed by atoms with Crippen LogP contribution in [0.4, 0.5) is 4.39 Å². The number of allylic oxidation sites excluding steroid dienone is 1. The van der Waals surface area contributed by atoms with Crippen LogP contribution in [-0.4, -0.2) is 41.5 Å². The molecule has 1 atom stereocenters. The zero-order chi connectivity index (χ0) is 20.6. The van der Waals surface area contributed by atoms with Crippen molar-refractivity contribution in [2.45, 2.75) is 39.7 Å². The van der Waals surface area contributed by atoms with Crippen LogP contribution in [0.3, 0.4) is 0 Å². The van der Waals surface area contributed by atoms with Crippen LogP contribution in [0, 0.1) is 5.92 Å². The molecule has 2 N–H and O–H groups in total. The molecular formula is C23H32FN5. The molecule has 3 heterocycles. The monoisotopic (exact) mass is 397 g/mol. The zero-order valence-corrected chi connectivity index (χ0v) is 17.7. The number of likely N-dealkylation sites (tertiary alicyclic amines) is 1. The molecule has 0 radical (unpaired) electrons. The van der Waals surface area contributed by atoms with Gasteiger partial charge in [-0.2, -0.15) is 0 Å². The highest BCUT2D eigenvalue weighted by atomic mass is 19.1. The quantitative estimate of drug-likeness (QED) is 0.794. The van der Waals surface area contributed by atoms with Gasteiger partial charge in [0, 0.05) is 37.3 Å². The first kappa shape index (κ1) is 21.2. The second kappa shape index (κ2) is 10.3. The van der Waals surface area contributed by atoms with E-state index in [4.69, 9.17) is 0 Å². The van der Waals surface area contributed by atoms with Crippen molar-refractivity contribution in [2.24, 2.45) is 5.92 Å². The topological polar surface area (TPSA) is 53.1 Å². The molecule has 5 nitrogen and oxygen atoms in total. The van der Waals surface area contributed by atoms with Gasteiger partial charge in [-0.3, -0.25) is 9.97 Å². The van der Waals surface area contributed by atoms with Gasteiger partial charge in [0.1, 0.15) is 5.83 Å². The fourth-order valence-electron chi connectivity index (χ4n) is 3.80. The zero-order valence-electron chi connectivity index (χ0n) is 17.7. The number of aromatic nitrogens is 2. The predicted octanol–water partition coefficient (Wildman–Crippen LogP) is 4.15. The number of nitrogens with zero attached hydrogens (tertiary/aromatic N) is 3. The smallest absolute Gasteiger partial charge is 0.124 e. The second-order valence-corrected chi connectivity index (χ2v) is 7.91. The minimum Gasteiger partial charge on any atom is -0.383 e. The van der Waals surface area contributed by atoms with Gasteiger partial charge in [0.2, 0.25) is 0 Å². The van der Waals surface area contributed by atoms with Gasteiger partial charge in [0.25, 0.3) is 0 Å². The summed E-state index contributed by atoms with van der Waals surface area (Å²) < 4.78 is 13.5. The molecule has 0 spiro atoms. The van der Waals surface area contributed by atoms with E-state index in [2.05, 4.69) is 39.5 Å². The summed E-state index contributed by atoms with van der Waals surface area (Å²) in [6.45, 7) is 7.60. The molecule has 1 saturated heterocycles. The number of hydrogen-bond donors (Lipinski definition) is 2. The van der Waals surface area contributed by atoms with Gasteiger partial charge in [-0.25, -0.2) is 4.39 Å². The summed E-state index contributed by atoms with van der Waals surface area (Å²) in [5.41, 5.74) is 4.26. The predicted molar refractivity (Wildman–Crippen MR) is 117 cm³/mol. The number of hydrogen-bond acceptors (Lipinski definition) is 5. The molecule has 1 fully saturated rings. The van der Waals surface area contributed by atoms with Gasteiger partial charge in [-0.1, -0.05) is 19.4 Å². The van der Waals surface area contributed by atoms with Crippen LogP contribution < -0.4 is 10.6 Å². The first-order chi connectivity index (χ1) is 14.1. The molecule has 2 aromatic rings. The number of benzene rings is 1. The molecule has 1 aromatic carbocycles. The Morgan fingerprint density at radius 2 is 2.03 bits per heavy atom. The summed E-state index contributed by atoms with van der Waals surface area (Å²) in [4.78, 5) is 10.9. The molecule has 0 saturated carbocycles. The van der Waals surface area contributed by atoms with Crippen LogP contribution in [0.2, 0.25) is 0 Å². The Balaban J connectivity index is 0.000000224. The molecule has 2 aliphatic heterocycles. The van der Waals surface area contributed by atoms with Gasteiger partial charge in [-0.15, -0.1) is 0 Å². The fraction of sp³-hybridized carbons (Fsp3) is 0.478. The van der Waals surface area contributed by atoms with Crippen LogP contribution in [0.1, 0.15) is 38.7 Å². The molecule has 2 aliphatic rings. The minimum atomic E-state index is -0.126. The van der Waals surface area contributed by atoms with Crippen molar-refractivity contribution in [2.75, 3.05) is 26.7 Å². The fourth-order valence-corrected chi connectivity index (χ4v) is 3.80. The molecule has 156 valence electrons. The summed E-state index contributed by atoms with van der Waals surface area (Å²) in [6.07, 6.45) is 9.39. The third kappa shape index (κ3) is 6.00. The molecule has 4 rings (SSSR count). The summed E-state index contributed by atoms with van der Waals surface area (Å²) in [5, 5.41) is 6.14. The van der Waals surface area contributed by atoms with Crippen LogP contribution in [0.15, 0.2) is 53.9 Å². The van der Waals surface area contributed by atoms with Crippen molar-refractivity contribution in [3.05, 3.63) is 59.5 Å². The lowest BCUT2D eigenvalue weighted by molar-refractivity contribution is 0.387. The lowest BCUT2D eigenvalue weighted by atomic mass is 10.0. The Labute approximate surface area is 173 Å². The number of fused-ring (bicyclic) bond motifs is 1. The Hall–Kier alpha value is -2.47. The summed E-state index contributed by atoms with van der Waals surface area (Å²) in [7, 11) is 2.22. The Morgan fingerprint density at radius 1 is 1.24 bits per heavy atom. The SMILES string of the molecule is CC1=C(F)CNC=C1NCc1ccc2nccnc2c1.CCCC1CCN(C)C1. The second-order valence-electron chi connectivity index (χ2n) is 7.91. The van der Waals surface area contributed by atoms with Crippen molar-refractivity contribution in [3.63, 3.8) is 0 Å². The van der Waals surface area contributed by atoms with Crippen LogP contribution in [0.5, 0.6) is 0 Å². The van der Waals surface area contributed by atoms with E-state index in [9.17, 15) is 4.39 Å². The molecule has 6 heteroatoms. The highest BCUT2D eigenvalue weighted by Gasteiger charge is 2.17. The first-order valence-electron chi connectivity index (χ1n) is 10.5. The number of halogens is 1. The van der Waals surface area contributed by atoms with Crippen molar-refractivity contribution in [1.82, 2.24) is 25.5 Å². The third-order valence-corrected chi connectivity index (χ3v) is 5.52. The maximum Gasteiger partial charge on any atom is 0.124 e. The number of nitrogens with one attached hydrogen (secondary N) is 2. The summed E-state index contributed by atoms with van der Waals surface area (Å²) >= 11 is 0. The lowest BCUT2D eigenvalue weighted by Crippen LogP contribution is -2.23. The maximum atomic E-state index is 13.5. The molecule has 0 aliphatic carbocycles. The van der Waals surface area contributed by atoms with Crippen molar-refractivity contribution < 1.29 is 4.39 Å². The van der Waals surface area contributed by atoms with E-state index >= 15 is 0 Å². The van der Waals surface area contributed by atoms with Crippen LogP contribution in [-0.2, 0) is 6.54 Å². The molecule has 0 bridgehead atoms. The van der Waals surface area contributed by atoms with Gasteiger partial charge >= 0.3 is 0 Å². The van der Waals surface area contributed by atoms with Gasteiger partial charge in [0.15, 0.2) is 0 Å². The van der Waals surface area contributed by atoms with E-state index in [0.717, 1.165) is 28.2 Å². The average Bonchev–Trinajstić information content (AvgIpc) is 3.14. The van der Waals surface area contributed by atoms with E-state index in [0.29, 0.717) is 12.1 Å². The largest absolute Gasteiger partial charge is 0.383 e. The van der Waals surface area contributed by atoms with Gasteiger partial charge in [-0.05, 0) is 57.0 Å². The lowest BCUT2D eigenvalue weighted by Gasteiger charge is -2.17. The maximum absolute atomic E-state index is 13.5. The van der Waals surface area contributed by atoms with Gasteiger partial charge in [0.05, 0.1) is 23.3 Å². The van der Waals surface area contributed by atoms with Crippen molar-refractivity contribution in [1.29, 1.82) is 0 Å². The Kier molecular flexibility index (Phi) is 7.58. The van der Waals surface area contributed by atoms with E-state index in [-0.39, 0.29) is 12.4 Å². The third-order valence-electron chi connectivity index (χ3n) is 5.52. The minimum absolute atomic E-state index is 0.126. The van der Waals surface area contributed by atoms with Crippen molar-refractivity contribution in [3.8, 4) is 0 Å². The summed E-state index contributed by atoms with van der Waals surface area (Å²) in [5.74, 6) is 0.888. The highest BCUT2D eigenvalue weighted by Crippen LogP contribution is 2.19. The Bertz CT molecular complexity index is 874.